The number of ether oxygens (including phenoxy) is 1. The van der Waals surface area contributed by atoms with E-state index >= 15 is 0 Å². The van der Waals surface area contributed by atoms with Crippen LogP contribution in [-0.4, -0.2) is 11.4 Å². The Morgan fingerprint density at radius 2 is 1.94 bits per heavy atom. The van der Waals surface area contributed by atoms with E-state index in [2.05, 4.69) is 54.0 Å². The van der Waals surface area contributed by atoms with E-state index in [-0.39, 0.29) is 0 Å². The quantitative estimate of drug-likeness (QED) is 0.495. The number of hydrogen-bond acceptors (Lipinski definition) is 1. The van der Waals surface area contributed by atoms with Crippen LogP contribution in [-0.2, 0) is 11.3 Å². The summed E-state index contributed by atoms with van der Waals surface area (Å²) in [5.41, 5.74) is 1.26. The second-order valence-corrected chi connectivity index (χ2v) is 5.97. The number of benzene rings is 1. The van der Waals surface area contributed by atoms with Crippen molar-refractivity contribution in [3.63, 3.8) is 0 Å². The van der Waals surface area contributed by atoms with Crippen molar-refractivity contribution in [2.24, 2.45) is 5.92 Å². The van der Waals surface area contributed by atoms with Crippen molar-refractivity contribution < 1.29 is 4.74 Å². The molecule has 0 aliphatic carbocycles. The Morgan fingerprint density at radius 3 is 2.53 bits per heavy atom. The minimum absolute atomic E-state index is 0.613. The summed E-state index contributed by atoms with van der Waals surface area (Å²) >= 11 is 3.67. The third-order valence-electron chi connectivity index (χ3n) is 3.15. The van der Waals surface area contributed by atoms with Crippen molar-refractivity contribution in [3.8, 4) is 0 Å². The lowest BCUT2D eigenvalue weighted by Crippen LogP contribution is -2.10. The second-order valence-electron chi connectivity index (χ2n) is 4.53. The lowest BCUT2D eigenvalue weighted by molar-refractivity contribution is 0.113. The maximum Gasteiger partial charge on any atom is 0.0716 e. The Kier molecular flexibility index (Phi) is 7.54. The number of halogens is 1. The summed E-state index contributed by atoms with van der Waals surface area (Å²) in [6.07, 6.45) is 3.64. The molecule has 0 heterocycles. The number of rotatable bonds is 8. The first-order valence-electron chi connectivity index (χ1n) is 6.49. The highest BCUT2D eigenvalue weighted by atomic mass is 79.9. The Bertz CT molecular complexity index is 284. The minimum atomic E-state index is 0.613. The summed E-state index contributed by atoms with van der Waals surface area (Å²) in [5.74, 6) is 0.773. The van der Waals surface area contributed by atoms with E-state index in [0.717, 1.165) is 25.6 Å². The van der Waals surface area contributed by atoms with Gasteiger partial charge in [-0.2, -0.15) is 0 Å². The van der Waals surface area contributed by atoms with Crippen molar-refractivity contribution in [2.75, 3.05) is 6.61 Å². The minimum Gasteiger partial charge on any atom is -0.377 e. The largest absolute Gasteiger partial charge is 0.377 e. The van der Waals surface area contributed by atoms with Crippen LogP contribution >= 0.6 is 15.9 Å². The molecule has 0 aliphatic rings. The maximum atomic E-state index is 5.68. The molecule has 0 bridgehead atoms. The molecule has 2 heteroatoms. The molecule has 0 saturated carbocycles. The summed E-state index contributed by atoms with van der Waals surface area (Å²) in [4.78, 5) is 0.613. The number of hydrogen-bond donors (Lipinski definition) is 0. The molecule has 0 aromatic heterocycles. The Morgan fingerprint density at radius 1 is 1.24 bits per heavy atom. The van der Waals surface area contributed by atoms with Gasteiger partial charge >= 0.3 is 0 Å². The fourth-order valence-corrected chi connectivity index (χ4v) is 2.61. The Hall–Kier alpha value is -0.340. The van der Waals surface area contributed by atoms with Gasteiger partial charge in [-0.15, -0.1) is 0 Å². The highest BCUT2D eigenvalue weighted by Gasteiger charge is 2.11. The smallest absolute Gasteiger partial charge is 0.0716 e. The summed E-state index contributed by atoms with van der Waals surface area (Å²) in [6, 6.07) is 10.4. The van der Waals surface area contributed by atoms with Crippen LogP contribution in [0.1, 0.15) is 38.7 Å². The molecule has 1 aromatic rings. The van der Waals surface area contributed by atoms with E-state index in [4.69, 9.17) is 4.74 Å². The van der Waals surface area contributed by atoms with Gasteiger partial charge in [-0.25, -0.2) is 0 Å². The van der Waals surface area contributed by atoms with Gasteiger partial charge in [0.2, 0.25) is 0 Å². The first-order valence-corrected chi connectivity index (χ1v) is 7.41. The van der Waals surface area contributed by atoms with Crippen molar-refractivity contribution in [1.82, 2.24) is 0 Å². The SMILES string of the molecule is CCC(CCCOCc1ccccc1)C(C)Br. The average Bonchev–Trinajstić information content (AvgIpc) is 2.34. The summed E-state index contributed by atoms with van der Waals surface area (Å²) in [6.45, 7) is 6.10. The molecule has 0 amide bonds. The lowest BCUT2D eigenvalue weighted by Gasteiger charge is -2.17. The topological polar surface area (TPSA) is 9.23 Å². The van der Waals surface area contributed by atoms with Crippen LogP contribution < -0.4 is 0 Å². The van der Waals surface area contributed by atoms with E-state index in [1.165, 1.54) is 18.4 Å². The van der Waals surface area contributed by atoms with Gasteiger partial charge in [-0.1, -0.05) is 66.5 Å². The molecular weight excluding hydrogens is 276 g/mol. The molecular formula is C15H23BrO. The predicted octanol–water partition coefficient (Wildman–Crippen LogP) is 4.79. The van der Waals surface area contributed by atoms with Crippen LogP contribution in [0, 0.1) is 5.92 Å². The van der Waals surface area contributed by atoms with Crippen LogP contribution in [0.4, 0.5) is 0 Å². The van der Waals surface area contributed by atoms with Gasteiger partial charge in [0.25, 0.3) is 0 Å². The molecule has 17 heavy (non-hydrogen) atoms. The van der Waals surface area contributed by atoms with E-state index in [0.29, 0.717) is 4.83 Å². The van der Waals surface area contributed by atoms with Crippen LogP contribution in [0.5, 0.6) is 0 Å². The molecule has 96 valence electrons. The van der Waals surface area contributed by atoms with Crippen molar-refractivity contribution in [3.05, 3.63) is 35.9 Å². The highest BCUT2D eigenvalue weighted by molar-refractivity contribution is 9.09. The van der Waals surface area contributed by atoms with E-state index in [1.54, 1.807) is 0 Å². The fourth-order valence-electron chi connectivity index (χ4n) is 1.97. The van der Waals surface area contributed by atoms with E-state index < -0.39 is 0 Å². The van der Waals surface area contributed by atoms with Gasteiger partial charge in [0.05, 0.1) is 6.61 Å². The molecule has 0 saturated heterocycles. The van der Waals surface area contributed by atoms with E-state index in [1.807, 2.05) is 6.07 Å². The third-order valence-corrected chi connectivity index (χ3v) is 3.90. The molecule has 1 rings (SSSR count). The van der Waals surface area contributed by atoms with Gasteiger partial charge in [0, 0.05) is 11.4 Å². The zero-order valence-electron chi connectivity index (χ0n) is 10.9. The Labute approximate surface area is 114 Å². The predicted molar refractivity (Wildman–Crippen MR) is 77.5 cm³/mol. The van der Waals surface area contributed by atoms with Crippen LogP contribution in [0.3, 0.4) is 0 Å². The summed E-state index contributed by atoms with van der Waals surface area (Å²) in [5, 5.41) is 0. The lowest BCUT2D eigenvalue weighted by atomic mass is 9.98. The van der Waals surface area contributed by atoms with Crippen molar-refractivity contribution in [1.29, 1.82) is 0 Å². The molecule has 0 N–H and O–H groups in total. The summed E-state index contributed by atoms with van der Waals surface area (Å²) < 4.78 is 5.68. The molecule has 0 spiro atoms. The average molecular weight is 299 g/mol. The first kappa shape index (κ1) is 14.7. The van der Waals surface area contributed by atoms with Gasteiger partial charge in [-0.05, 0) is 24.3 Å². The van der Waals surface area contributed by atoms with Crippen molar-refractivity contribution in [2.45, 2.75) is 44.5 Å². The zero-order valence-corrected chi connectivity index (χ0v) is 12.4. The van der Waals surface area contributed by atoms with Gasteiger partial charge in [0.15, 0.2) is 0 Å². The fraction of sp³-hybridized carbons (Fsp3) is 0.600. The monoisotopic (exact) mass is 298 g/mol. The normalized spacial score (nSPS) is 14.5. The third kappa shape index (κ3) is 6.23. The Balaban J connectivity index is 2.08. The van der Waals surface area contributed by atoms with E-state index in [9.17, 15) is 0 Å². The summed E-state index contributed by atoms with van der Waals surface area (Å²) in [7, 11) is 0. The maximum absolute atomic E-state index is 5.68. The second kappa shape index (κ2) is 8.71. The molecule has 0 aliphatic heterocycles. The van der Waals surface area contributed by atoms with Gasteiger partial charge in [-0.3, -0.25) is 0 Å². The van der Waals surface area contributed by atoms with Crippen molar-refractivity contribution >= 4 is 15.9 Å². The molecule has 1 nitrogen and oxygen atoms in total. The highest BCUT2D eigenvalue weighted by Crippen LogP contribution is 2.21. The van der Waals surface area contributed by atoms with Gasteiger partial charge < -0.3 is 4.74 Å². The van der Waals surface area contributed by atoms with Gasteiger partial charge in [0.1, 0.15) is 0 Å². The molecule has 1 aromatic carbocycles. The zero-order chi connectivity index (χ0) is 12.5. The van der Waals surface area contributed by atoms with Crippen LogP contribution in [0.2, 0.25) is 0 Å². The number of alkyl halides is 1. The standard InChI is InChI=1S/C15H23BrO/c1-3-15(13(2)16)10-7-11-17-12-14-8-5-4-6-9-14/h4-6,8-9,13,15H,3,7,10-12H2,1-2H3. The van der Waals surface area contributed by atoms with Crippen LogP contribution in [0.15, 0.2) is 30.3 Å². The first-order chi connectivity index (χ1) is 8.24. The molecule has 2 atom stereocenters. The molecule has 0 radical (unpaired) electrons. The molecule has 2 unspecified atom stereocenters. The molecule has 0 fully saturated rings. The van der Waals surface area contributed by atoms with Crippen LogP contribution in [0.25, 0.3) is 0 Å².